The van der Waals surface area contributed by atoms with Gasteiger partial charge in [-0.1, -0.05) is 79.7 Å². The Morgan fingerprint density at radius 2 is 1.25 bits per heavy atom. The summed E-state index contributed by atoms with van der Waals surface area (Å²) in [6.45, 7) is 1.86. The first-order valence-corrected chi connectivity index (χ1v) is 17.1. The van der Waals surface area contributed by atoms with E-state index in [9.17, 15) is 24.6 Å². The van der Waals surface area contributed by atoms with Crippen molar-refractivity contribution >= 4 is 67.7 Å². The number of benzene rings is 6. The largest absolute Gasteiger partial charge is 0.396 e. The van der Waals surface area contributed by atoms with Crippen LogP contribution < -0.4 is 14.7 Å². The lowest BCUT2D eigenvalue weighted by molar-refractivity contribution is -0.139. The summed E-state index contributed by atoms with van der Waals surface area (Å²) >= 11 is 0. The molecule has 0 saturated heterocycles. The predicted octanol–water partition coefficient (Wildman–Crippen LogP) is 7.89. The molecule has 6 aromatic carbocycles. The molecular weight excluding hydrogens is 638 g/mol. The molecule has 2 atom stereocenters. The molecule has 0 radical (unpaired) electrons. The van der Waals surface area contributed by atoms with Crippen molar-refractivity contribution in [3.8, 4) is 0 Å². The van der Waals surface area contributed by atoms with Gasteiger partial charge < -0.3 is 15.1 Å². The van der Waals surface area contributed by atoms with E-state index in [0.717, 1.165) is 38.5 Å². The highest BCUT2D eigenvalue weighted by molar-refractivity contribution is 6.29. The van der Waals surface area contributed by atoms with Crippen LogP contribution >= 0.6 is 0 Å². The van der Waals surface area contributed by atoms with Crippen LogP contribution in [0, 0.1) is 5.92 Å². The summed E-state index contributed by atoms with van der Waals surface area (Å²) in [7, 11) is 0. The van der Waals surface area contributed by atoms with Crippen molar-refractivity contribution in [1.29, 1.82) is 0 Å². The Hall–Kier alpha value is -6.09. The number of hydrogen-bond acceptors (Lipinski definition) is 5. The molecule has 8 nitrogen and oxygen atoms in total. The molecule has 2 N–H and O–H groups in total. The van der Waals surface area contributed by atoms with Crippen LogP contribution in [0.3, 0.4) is 0 Å². The van der Waals surface area contributed by atoms with Crippen LogP contribution in [0.5, 0.6) is 0 Å². The van der Waals surface area contributed by atoms with Crippen molar-refractivity contribution in [1.82, 2.24) is 0 Å². The van der Waals surface area contributed by atoms with Crippen molar-refractivity contribution in [2.75, 3.05) is 21.3 Å². The van der Waals surface area contributed by atoms with E-state index in [1.54, 1.807) is 45.9 Å². The third-order valence-electron chi connectivity index (χ3n) is 10.5. The number of aliphatic hydroxyl groups excluding tert-OH is 1. The molecule has 3 aliphatic heterocycles. The van der Waals surface area contributed by atoms with Gasteiger partial charge in [-0.3, -0.25) is 24.2 Å². The van der Waals surface area contributed by atoms with Crippen molar-refractivity contribution in [2.24, 2.45) is 5.92 Å². The number of fused-ring (bicyclic) bond motifs is 1. The van der Waals surface area contributed by atoms with Crippen LogP contribution in [0.1, 0.15) is 45.2 Å². The van der Waals surface area contributed by atoms with E-state index in [1.807, 2.05) is 103 Å². The molecule has 0 fully saturated rings. The van der Waals surface area contributed by atoms with Crippen LogP contribution in [0.4, 0.5) is 28.4 Å². The lowest BCUT2D eigenvalue weighted by atomic mass is 9.82. The average molecular weight is 672 g/mol. The zero-order valence-corrected chi connectivity index (χ0v) is 27.8. The smallest absolute Gasteiger partial charge is 0.264 e. The number of amides is 3. The highest BCUT2D eigenvalue weighted by Gasteiger charge is 2.53. The molecule has 0 aromatic heterocycles. The Morgan fingerprint density at radius 3 is 1.86 bits per heavy atom. The number of aliphatic hydroxyl groups is 2. The fourth-order valence-electron chi connectivity index (χ4n) is 8.07. The summed E-state index contributed by atoms with van der Waals surface area (Å²) in [5, 5.41) is 25.6. The van der Waals surface area contributed by atoms with E-state index < -0.39 is 17.4 Å². The molecule has 6 aromatic rings. The molecule has 0 saturated carbocycles. The van der Waals surface area contributed by atoms with Gasteiger partial charge in [0, 0.05) is 40.2 Å². The SMILES string of the molecule is C[C@H](/C=C/CCO)[C@@]1(O)C(=O)N(Cc2cccc(N3C(=O)c4cccc5cccc3c45)c2)c2ccc(N3C(=O)c4cccc5cccc3c45)cc21. The Balaban J connectivity index is 1.11. The molecule has 0 unspecified atom stereocenters. The summed E-state index contributed by atoms with van der Waals surface area (Å²) < 4.78 is 0. The summed E-state index contributed by atoms with van der Waals surface area (Å²) in [5.74, 6) is -1.43. The first-order chi connectivity index (χ1) is 24.8. The third kappa shape index (κ3) is 4.43. The molecule has 0 aliphatic carbocycles. The Labute approximate surface area is 294 Å². The quantitative estimate of drug-likeness (QED) is 0.160. The van der Waals surface area contributed by atoms with E-state index in [1.165, 1.54) is 0 Å². The minimum Gasteiger partial charge on any atom is -0.396 e. The monoisotopic (exact) mass is 671 g/mol. The minimum atomic E-state index is -1.95. The van der Waals surface area contributed by atoms with Gasteiger partial charge in [-0.15, -0.1) is 0 Å². The zero-order chi connectivity index (χ0) is 35.0. The average Bonchev–Trinajstić information content (AvgIpc) is 3.69. The summed E-state index contributed by atoms with van der Waals surface area (Å²) in [6.07, 6.45) is 3.90. The number of hydrogen-bond donors (Lipinski definition) is 2. The first-order valence-electron chi connectivity index (χ1n) is 17.1. The van der Waals surface area contributed by atoms with Crippen LogP contribution in [0.25, 0.3) is 21.5 Å². The van der Waals surface area contributed by atoms with Crippen LogP contribution in [-0.2, 0) is 16.9 Å². The molecule has 0 bridgehead atoms. The highest BCUT2D eigenvalue weighted by atomic mass is 16.3. The van der Waals surface area contributed by atoms with E-state index in [-0.39, 0.29) is 25.0 Å². The van der Waals surface area contributed by atoms with Crippen molar-refractivity contribution in [3.63, 3.8) is 0 Å². The van der Waals surface area contributed by atoms with E-state index in [0.29, 0.717) is 40.2 Å². The minimum absolute atomic E-state index is 0.0545. The number of nitrogens with zero attached hydrogens (tertiary/aromatic N) is 3. The van der Waals surface area contributed by atoms with Gasteiger partial charge in [0.1, 0.15) is 0 Å². The van der Waals surface area contributed by atoms with Crippen molar-refractivity contribution < 1.29 is 24.6 Å². The number of carbonyl (C=O) groups excluding carboxylic acids is 3. The van der Waals surface area contributed by atoms with Crippen molar-refractivity contribution in [3.05, 3.63) is 150 Å². The molecule has 3 amide bonds. The Morgan fingerprint density at radius 1 is 0.686 bits per heavy atom. The topological polar surface area (TPSA) is 101 Å². The fourth-order valence-corrected chi connectivity index (χ4v) is 8.07. The maximum absolute atomic E-state index is 14.5. The molecule has 8 heteroatoms. The standard InChI is InChI=1S/C43H33N3O5/c1-26(9-2-3-22-47)43(51)34-24-31(46-37-19-8-14-29-12-6-17-33(39(29)37)41(46)49)20-21-35(34)44(42(43)50)25-27-10-4-15-30(23-27)45-36-18-7-13-28-11-5-16-32(38(28)36)40(45)48/h2,4-21,23-24,26,47,51H,3,22,25H2,1H3/b9-2+/t26-,43+/m1/s1. The van der Waals surface area contributed by atoms with Gasteiger partial charge in [0.05, 0.1) is 34.7 Å². The summed E-state index contributed by atoms with van der Waals surface area (Å²) in [4.78, 5) is 47.0. The van der Waals surface area contributed by atoms with E-state index in [4.69, 9.17) is 0 Å². The summed E-state index contributed by atoms with van der Waals surface area (Å²) in [6, 6.07) is 36.0. The van der Waals surface area contributed by atoms with Crippen LogP contribution in [-0.4, -0.2) is 34.5 Å². The molecule has 3 aliphatic rings. The molecule has 3 heterocycles. The van der Waals surface area contributed by atoms with E-state index in [2.05, 4.69) is 0 Å². The predicted molar refractivity (Wildman–Crippen MR) is 199 cm³/mol. The molecule has 51 heavy (non-hydrogen) atoms. The highest BCUT2D eigenvalue weighted by Crippen LogP contribution is 2.50. The first kappa shape index (κ1) is 30.9. The number of rotatable bonds is 8. The van der Waals surface area contributed by atoms with Crippen molar-refractivity contribution in [2.45, 2.75) is 25.5 Å². The third-order valence-corrected chi connectivity index (χ3v) is 10.5. The second kappa shape index (κ2) is 11.5. The fraction of sp³-hybridized carbons (Fsp3) is 0.140. The van der Waals surface area contributed by atoms with Gasteiger partial charge in [0.25, 0.3) is 17.7 Å². The molecular formula is C43H33N3O5. The second-order valence-corrected chi connectivity index (χ2v) is 13.4. The van der Waals surface area contributed by atoms with Gasteiger partial charge in [-0.25, -0.2) is 0 Å². The number of carbonyl (C=O) groups is 3. The van der Waals surface area contributed by atoms with Gasteiger partial charge >= 0.3 is 0 Å². The maximum Gasteiger partial charge on any atom is 0.264 e. The van der Waals surface area contributed by atoms with Crippen LogP contribution in [0.2, 0.25) is 0 Å². The van der Waals surface area contributed by atoms with Gasteiger partial charge in [-0.2, -0.15) is 0 Å². The lowest BCUT2D eigenvalue weighted by Crippen LogP contribution is -2.44. The van der Waals surface area contributed by atoms with Gasteiger partial charge in [-0.05, 0) is 77.4 Å². The Kier molecular flexibility index (Phi) is 6.96. The van der Waals surface area contributed by atoms with Gasteiger partial charge in [0.15, 0.2) is 5.60 Å². The second-order valence-electron chi connectivity index (χ2n) is 13.4. The molecule has 0 spiro atoms. The Bertz CT molecular complexity index is 2500. The normalized spacial score (nSPS) is 18.3. The van der Waals surface area contributed by atoms with Gasteiger partial charge in [0.2, 0.25) is 0 Å². The molecule has 250 valence electrons. The van der Waals surface area contributed by atoms with E-state index >= 15 is 0 Å². The maximum atomic E-state index is 14.5. The number of anilines is 5. The lowest BCUT2D eigenvalue weighted by Gasteiger charge is -2.28. The molecule has 9 rings (SSSR count). The summed E-state index contributed by atoms with van der Waals surface area (Å²) in [5.41, 5.74) is 3.81. The zero-order valence-electron chi connectivity index (χ0n) is 27.8. The van der Waals surface area contributed by atoms with Crippen LogP contribution in [0.15, 0.2) is 127 Å².